The van der Waals surface area contributed by atoms with E-state index in [1.165, 1.54) is 11.3 Å². The summed E-state index contributed by atoms with van der Waals surface area (Å²) in [7, 11) is 0. The van der Waals surface area contributed by atoms with Gasteiger partial charge in [0.2, 0.25) is 11.9 Å². The zero-order chi connectivity index (χ0) is 11.7. The largest absolute Gasteiger partial charge is 0.376 e. The van der Waals surface area contributed by atoms with Gasteiger partial charge in [0.05, 0.1) is 22.0 Å². The molecule has 1 aromatic rings. The van der Waals surface area contributed by atoms with Crippen molar-refractivity contribution in [3.63, 3.8) is 0 Å². The Morgan fingerprint density at radius 3 is 2.88 bits per heavy atom. The SMILES string of the molecule is Cc1nc(C)c(C(=O)C2=NO[C@@H](C#N)C2)s1. The van der Waals surface area contributed by atoms with Gasteiger partial charge in [-0.25, -0.2) is 4.98 Å². The normalized spacial score (nSPS) is 18.8. The summed E-state index contributed by atoms with van der Waals surface area (Å²) in [6.45, 7) is 3.63. The number of oxime groups is 1. The first-order chi connectivity index (χ1) is 7.61. The predicted octanol–water partition coefficient (Wildman–Crippen LogP) is 1.61. The molecule has 1 aliphatic rings. The summed E-state index contributed by atoms with van der Waals surface area (Å²) in [5, 5.41) is 13.1. The second-order valence-corrected chi connectivity index (χ2v) is 4.64. The molecule has 0 saturated heterocycles. The monoisotopic (exact) mass is 235 g/mol. The van der Waals surface area contributed by atoms with E-state index in [9.17, 15) is 4.79 Å². The van der Waals surface area contributed by atoms with E-state index in [2.05, 4.69) is 10.1 Å². The lowest BCUT2D eigenvalue weighted by Crippen LogP contribution is -2.14. The van der Waals surface area contributed by atoms with Crippen LogP contribution in [-0.4, -0.2) is 22.6 Å². The molecule has 1 aromatic heterocycles. The zero-order valence-corrected chi connectivity index (χ0v) is 9.67. The first-order valence-corrected chi connectivity index (χ1v) is 5.54. The second kappa shape index (κ2) is 4.02. The number of aromatic nitrogens is 1. The zero-order valence-electron chi connectivity index (χ0n) is 8.85. The van der Waals surface area contributed by atoms with E-state index in [0.29, 0.717) is 16.3 Å². The van der Waals surface area contributed by atoms with Crippen molar-refractivity contribution in [2.24, 2.45) is 5.16 Å². The molecule has 0 bridgehead atoms. The molecule has 5 nitrogen and oxygen atoms in total. The van der Waals surface area contributed by atoms with E-state index >= 15 is 0 Å². The standard InChI is InChI=1S/C10H9N3O2S/c1-5-10(16-6(2)12-5)9(14)8-3-7(4-11)15-13-8/h7H,3H2,1-2H3/t7-/m1/s1. The van der Waals surface area contributed by atoms with Gasteiger partial charge in [0.1, 0.15) is 11.8 Å². The van der Waals surface area contributed by atoms with Crippen molar-refractivity contribution < 1.29 is 9.63 Å². The maximum Gasteiger partial charge on any atom is 0.222 e. The van der Waals surface area contributed by atoms with Gasteiger partial charge in [-0.15, -0.1) is 11.3 Å². The molecule has 2 rings (SSSR count). The molecule has 0 amide bonds. The molecular formula is C10H9N3O2S. The number of aryl methyl sites for hydroxylation is 2. The van der Waals surface area contributed by atoms with Crippen molar-refractivity contribution in [2.75, 3.05) is 0 Å². The fourth-order valence-electron chi connectivity index (χ4n) is 1.45. The Morgan fingerprint density at radius 2 is 2.38 bits per heavy atom. The summed E-state index contributed by atoms with van der Waals surface area (Å²) < 4.78 is 0. The van der Waals surface area contributed by atoms with Gasteiger partial charge < -0.3 is 4.84 Å². The second-order valence-electron chi connectivity index (χ2n) is 3.44. The van der Waals surface area contributed by atoms with Crippen LogP contribution < -0.4 is 0 Å². The van der Waals surface area contributed by atoms with Crippen LogP contribution in [0.25, 0.3) is 0 Å². The summed E-state index contributed by atoms with van der Waals surface area (Å²) in [6, 6.07) is 1.92. The Kier molecular flexibility index (Phi) is 2.71. The highest BCUT2D eigenvalue weighted by molar-refractivity contribution is 7.14. The highest BCUT2D eigenvalue weighted by atomic mass is 32.1. The van der Waals surface area contributed by atoms with E-state index < -0.39 is 6.10 Å². The molecule has 1 atom stereocenters. The molecule has 6 heteroatoms. The van der Waals surface area contributed by atoms with E-state index in [0.717, 1.165) is 5.01 Å². The fraction of sp³-hybridized carbons (Fsp3) is 0.400. The predicted molar refractivity (Wildman–Crippen MR) is 58.5 cm³/mol. The topological polar surface area (TPSA) is 75.3 Å². The summed E-state index contributed by atoms with van der Waals surface area (Å²) in [4.78, 5) is 21.5. The summed E-state index contributed by atoms with van der Waals surface area (Å²) >= 11 is 1.34. The molecule has 2 heterocycles. The minimum Gasteiger partial charge on any atom is -0.376 e. The average Bonchev–Trinajstić information content (AvgIpc) is 2.84. The third kappa shape index (κ3) is 1.82. The Morgan fingerprint density at radius 1 is 1.62 bits per heavy atom. The lowest BCUT2D eigenvalue weighted by molar-refractivity contribution is 0.106. The number of Topliss-reactive ketones (excluding diaryl/α,β-unsaturated/α-hetero) is 1. The van der Waals surface area contributed by atoms with Crippen LogP contribution >= 0.6 is 11.3 Å². The minimum absolute atomic E-state index is 0.180. The molecule has 0 saturated carbocycles. The van der Waals surface area contributed by atoms with E-state index in [1.807, 2.05) is 13.0 Å². The molecule has 0 aromatic carbocycles. The molecule has 0 radical (unpaired) electrons. The van der Waals surface area contributed by atoms with Gasteiger partial charge in [-0.3, -0.25) is 4.79 Å². The molecule has 0 fully saturated rings. The quantitative estimate of drug-likeness (QED) is 0.730. The number of hydrogen-bond donors (Lipinski definition) is 0. The molecule has 82 valence electrons. The number of carbonyl (C=O) groups is 1. The van der Waals surface area contributed by atoms with Crippen molar-refractivity contribution in [2.45, 2.75) is 26.4 Å². The van der Waals surface area contributed by atoms with Gasteiger partial charge in [0.15, 0.2) is 0 Å². The first kappa shape index (κ1) is 10.8. The van der Waals surface area contributed by atoms with E-state index in [4.69, 9.17) is 10.1 Å². The van der Waals surface area contributed by atoms with Gasteiger partial charge in [-0.1, -0.05) is 5.16 Å². The summed E-state index contributed by atoms with van der Waals surface area (Å²) in [6.07, 6.45) is -0.376. The van der Waals surface area contributed by atoms with Crippen molar-refractivity contribution in [3.05, 3.63) is 15.6 Å². The van der Waals surface area contributed by atoms with Crippen molar-refractivity contribution in [3.8, 4) is 6.07 Å². The third-order valence-corrected chi connectivity index (χ3v) is 3.26. The Hall–Kier alpha value is -1.74. The van der Waals surface area contributed by atoms with Crippen molar-refractivity contribution in [1.82, 2.24) is 4.98 Å². The lowest BCUT2D eigenvalue weighted by Gasteiger charge is -1.95. The van der Waals surface area contributed by atoms with Crippen LogP contribution in [-0.2, 0) is 4.84 Å². The maximum absolute atomic E-state index is 12.0. The highest BCUT2D eigenvalue weighted by Crippen LogP contribution is 2.21. The maximum atomic E-state index is 12.0. The molecular weight excluding hydrogens is 226 g/mol. The van der Waals surface area contributed by atoms with Crippen LogP contribution in [0.4, 0.5) is 0 Å². The van der Waals surface area contributed by atoms with Crippen molar-refractivity contribution >= 4 is 22.8 Å². The lowest BCUT2D eigenvalue weighted by atomic mass is 10.1. The van der Waals surface area contributed by atoms with Crippen LogP contribution in [0.15, 0.2) is 5.16 Å². The highest BCUT2D eigenvalue weighted by Gasteiger charge is 2.28. The molecule has 0 aliphatic carbocycles. The van der Waals surface area contributed by atoms with Crippen LogP contribution in [0.2, 0.25) is 0 Å². The van der Waals surface area contributed by atoms with Gasteiger partial charge >= 0.3 is 0 Å². The number of ketones is 1. The summed E-state index contributed by atoms with van der Waals surface area (Å²) in [5.74, 6) is -0.180. The Labute approximate surface area is 96.4 Å². The van der Waals surface area contributed by atoms with Crippen molar-refractivity contribution in [1.29, 1.82) is 5.26 Å². The van der Waals surface area contributed by atoms with Gasteiger partial charge in [-0.05, 0) is 13.8 Å². The van der Waals surface area contributed by atoms with Crippen LogP contribution in [0.3, 0.4) is 0 Å². The molecule has 0 unspecified atom stereocenters. The van der Waals surface area contributed by atoms with Crippen LogP contribution in [0, 0.1) is 25.2 Å². The minimum atomic E-state index is -0.631. The van der Waals surface area contributed by atoms with Gasteiger partial charge in [-0.2, -0.15) is 5.26 Å². The van der Waals surface area contributed by atoms with Crippen LogP contribution in [0.1, 0.15) is 26.8 Å². The number of carbonyl (C=O) groups excluding carboxylic acids is 1. The number of hydrogen-bond acceptors (Lipinski definition) is 6. The van der Waals surface area contributed by atoms with E-state index in [-0.39, 0.29) is 12.2 Å². The van der Waals surface area contributed by atoms with Gasteiger partial charge in [0, 0.05) is 0 Å². The van der Waals surface area contributed by atoms with E-state index in [1.54, 1.807) is 6.92 Å². The van der Waals surface area contributed by atoms with Crippen LogP contribution in [0.5, 0.6) is 0 Å². The molecule has 0 N–H and O–H groups in total. The smallest absolute Gasteiger partial charge is 0.222 e. The third-order valence-electron chi connectivity index (χ3n) is 2.18. The molecule has 1 aliphatic heterocycles. The molecule has 16 heavy (non-hydrogen) atoms. The average molecular weight is 235 g/mol. The molecule has 0 spiro atoms. The number of nitrogens with zero attached hydrogens (tertiary/aromatic N) is 3. The number of nitriles is 1. The van der Waals surface area contributed by atoms with Gasteiger partial charge in [0.25, 0.3) is 0 Å². The number of thiazole rings is 1. The summed E-state index contributed by atoms with van der Waals surface area (Å²) in [5.41, 5.74) is 1.01. The Balaban J connectivity index is 2.22. The Bertz CT molecular complexity index is 513. The first-order valence-electron chi connectivity index (χ1n) is 4.73. The number of rotatable bonds is 2. The fourth-order valence-corrected chi connectivity index (χ4v) is 2.34.